The minimum Gasteiger partial charge on any atom is -0.461 e. The van der Waals surface area contributed by atoms with E-state index in [1.807, 2.05) is 13.8 Å². The lowest BCUT2D eigenvalue weighted by Gasteiger charge is -2.34. The van der Waals surface area contributed by atoms with Crippen LogP contribution in [0.5, 0.6) is 0 Å². The SMILES string of the molecule is CC(C)CC(C(=O)OC1CCCC1)N(Cc1ccc(NC(=N)CC(=O)c2ccc(F)cc2)cc1)C(=O)OC(C)(C)C. The zero-order valence-electron chi connectivity index (χ0n) is 24.7. The highest BCUT2D eigenvalue weighted by atomic mass is 19.1. The Balaban J connectivity index is 1.72. The first-order valence-corrected chi connectivity index (χ1v) is 14.2. The van der Waals surface area contributed by atoms with E-state index in [2.05, 4.69) is 5.32 Å². The van der Waals surface area contributed by atoms with Crippen molar-refractivity contribution in [2.75, 3.05) is 5.32 Å². The van der Waals surface area contributed by atoms with Crippen LogP contribution < -0.4 is 5.32 Å². The van der Waals surface area contributed by atoms with Crippen molar-refractivity contribution in [2.45, 2.75) is 97.4 Å². The lowest BCUT2D eigenvalue weighted by molar-refractivity contribution is -0.156. The lowest BCUT2D eigenvalue weighted by atomic mass is 10.0. The monoisotopic (exact) mass is 567 g/mol. The Labute approximate surface area is 242 Å². The standard InChI is InChI=1S/C32H42FN3O5/c1-21(2)18-27(30(38)40-26-8-6-7-9-26)36(31(39)41-32(3,4)5)20-22-10-16-25(17-11-22)35-29(34)19-28(37)23-12-14-24(33)15-13-23/h10-17,21,26-27H,6-9,18-20H2,1-5H3,(H2,34,35). The van der Waals surface area contributed by atoms with E-state index in [9.17, 15) is 18.8 Å². The Morgan fingerprint density at radius 1 is 1.02 bits per heavy atom. The molecule has 0 spiro atoms. The maximum absolute atomic E-state index is 13.4. The van der Waals surface area contributed by atoms with Gasteiger partial charge in [-0.1, -0.05) is 26.0 Å². The molecule has 1 fully saturated rings. The number of nitrogens with zero attached hydrogens (tertiary/aromatic N) is 1. The number of ether oxygens (including phenoxy) is 2. The summed E-state index contributed by atoms with van der Waals surface area (Å²) in [7, 11) is 0. The molecular formula is C32H42FN3O5. The summed E-state index contributed by atoms with van der Waals surface area (Å²) in [6.45, 7) is 9.49. The number of carbonyl (C=O) groups excluding carboxylic acids is 3. The summed E-state index contributed by atoms with van der Waals surface area (Å²) in [5.41, 5.74) is 0.941. The Morgan fingerprint density at radius 2 is 1.63 bits per heavy atom. The fourth-order valence-electron chi connectivity index (χ4n) is 4.68. The highest BCUT2D eigenvalue weighted by Gasteiger charge is 2.36. The minimum atomic E-state index is -0.797. The Morgan fingerprint density at radius 3 is 2.20 bits per heavy atom. The Kier molecular flexibility index (Phi) is 11.0. The molecule has 0 aromatic heterocycles. The van der Waals surface area contributed by atoms with Gasteiger partial charge in [0.1, 0.15) is 29.4 Å². The number of carbonyl (C=O) groups is 3. The number of amides is 1. The van der Waals surface area contributed by atoms with Crippen molar-refractivity contribution >= 4 is 29.4 Å². The van der Waals surface area contributed by atoms with E-state index in [1.165, 1.54) is 29.2 Å². The van der Waals surface area contributed by atoms with Gasteiger partial charge in [0.05, 0.1) is 6.42 Å². The molecule has 1 aliphatic carbocycles. The van der Waals surface area contributed by atoms with Crippen LogP contribution in [0.2, 0.25) is 0 Å². The molecule has 2 aromatic rings. The predicted octanol–water partition coefficient (Wildman–Crippen LogP) is 7.13. The maximum atomic E-state index is 13.4. The normalized spacial score (nSPS) is 14.4. The van der Waals surface area contributed by atoms with Gasteiger partial charge in [-0.25, -0.2) is 14.0 Å². The van der Waals surface area contributed by atoms with Gasteiger partial charge in [0, 0.05) is 17.8 Å². The maximum Gasteiger partial charge on any atom is 0.411 e. The number of ketones is 1. The van der Waals surface area contributed by atoms with Gasteiger partial charge in [-0.3, -0.25) is 15.1 Å². The average molecular weight is 568 g/mol. The molecule has 0 saturated heterocycles. The molecule has 1 aliphatic rings. The molecule has 0 bridgehead atoms. The largest absolute Gasteiger partial charge is 0.461 e. The number of benzene rings is 2. The molecule has 8 nitrogen and oxygen atoms in total. The first-order chi connectivity index (χ1) is 19.3. The van der Waals surface area contributed by atoms with E-state index in [0.29, 0.717) is 17.7 Å². The highest BCUT2D eigenvalue weighted by Crippen LogP contribution is 2.25. The average Bonchev–Trinajstić information content (AvgIpc) is 3.39. The third-order valence-electron chi connectivity index (χ3n) is 6.66. The van der Waals surface area contributed by atoms with Gasteiger partial charge in [0.25, 0.3) is 0 Å². The minimum absolute atomic E-state index is 0.00545. The fraction of sp³-hybridized carbons (Fsp3) is 0.500. The molecule has 1 unspecified atom stereocenters. The van der Waals surface area contributed by atoms with Crippen LogP contribution in [0.3, 0.4) is 0 Å². The van der Waals surface area contributed by atoms with Crippen LogP contribution >= 0.6 is 0 Å². The van der Waals surface area contributed by atoms with E-state index in [0.717, 1.165) is 31.2 Å². The van der Waals surface area contributed by atoms with Crippen molar-refractivity contribution in [3.05, 3.63) is 65.5 Å². The summed E-state index contributed by atoms with van der Waals surface area (Å²) in [6.07, 6.45) is 3.30. The zero-order chi connectivity index (χ0) is 30.2. The second-order valence-corrected chi connectivity index (χ2v) is 12.0. The molecule has 3 rings (SSSR count). The second kappa shape index (κ2) is 14.2. The van der Waals surface area contributed by atoms with Crippen LogP contribution in [0.25, 0.3) is 0 Å². The molecule has 1 amide bonds. The molecule has 2 N–H and O–H groups in total. The molecule has 9 heteroatoms. The van der Waals surface area contributed by atoms with Gasteiger partial charge in [-0.15, -0.1) is 0 Å². The van der Waals surface area contributed by atoms with Gasteiger partial charge in [0.2, 0.25) is 0 Å². The summed E-state index contributed by atoms with van der Waals surface area (Å²) >= 11 is 0. The lowest BCUT2D eigenvalue weighted by Crippen LogP contribution is -2.48. The molecule has 1 saturated carbocycles. The third kappa shape index (κ3) is 10.3. The van der Waals surface area contributed by atoms with Gasteiger partial charge in [0.15, 0.2) is 5.78 Å². The van der Waals surface area contributed by atoms with E-state index >= 15 is 0 Å². The molecule has 2 aromatic carbocycles. The number of hydrogen-bond donors (Lipinski definition) is 2. The molecule has 41 heavy (non-hydrogen) atoms. The van der Waals surface area contributed by atoms with Gasteiger partial charge in [-0.05, 0) is 101 Å². The number of hydrogen-bond acceptors (Lipinski definition) is 6. The van der Waals surface area contributed by atoms with Crippen LogP contribution in [0.4, 0.5) is 14.9 Å². The number of esters is 1. The first-order valence-electron chi connectivity index (χ1n) is 14.2. The van der Waals surface area contributed by atoms with Gasteiger partial charge in [-0.2, -0.15) is 0 Å². The molecule has 0 aliphatic heterocycles. The summed E-state index contributed by atoms with van der Waals surface area (Å²) in [5, 5.41) is 11.1. The topological polar surface area (TPSA) is 109 Å². The van der Waals surface area contributed by atoms with E-state index in [-0.39, 0.29) is 36.6 Å². The molecule has 0 radical (unpaired) electrons. The highest BCUT2D eigenvalue weighted by molar-refractivity contribution is 6.12. The van der Waals surface area contributed by atoms with Crippen molar-refractivity contribution in [3.8, 4) is 0 Å². The number of Topliss-reactive ketones (excluding diaryl/α,β-unsaturated/α-hetero) is 1. The van der Waals surface area contributed by atoms with E-state index in [4.69, 9.17) is 14.9 Å². The van der Waals surface area contributed by atoms with Crippen LogP contribution in [0.15, 0.2) is 48.5 Å². The number of anilines is 1. The van der Waals surface area contributed by atoms with Gasteiger partial charge >= 0.3 is 12.1 Å². The van der Waals surface area contributed by atoms with Crippen LogP contribution in [0, 0.1) is 17.1 Å². The van der Waals surface area contributed by atoms with Crippen LogP contribution in [0.1, 0.15) is 89.1 Å². The molecular weight excluding hydrogens is 525 g/mol. The van der Waals surface area contributed by atoms with Gasteiger partial charge < -0.3 is 14.8 Å². The number of halogens is 1. The first kappa shape index (κ1) is 31.8. The number of nitrogens with one attached hydrogen (secondary N) is 2. The fourth-order valence-corrected chi connectivity index (χ4v) is 4.68. The quantitative estimate of drug-likeness (QED) is 0.129. The van der Waals surface area contributed by atoms with Crippen molar-refractivity contribution in [3.63, 3.8) is 0 Å². The van der Waals surface area contributed by atoms with Crippen LogP contribution in [-0.2, 0) is 20.8 Å². The summed E-state index contributed by atoms with van der Waals surface area (Å²) in [6, 6.07) is 11.5. The van der Waals surface area contributed by atoms with Crippen molar-refractivity contribution < 1.29 is 28.2 Å². The Bertz CT molecular complexity index is 1200. The zero-order valence-corrected chi connectivity index (χ0v) is 24.7. The van der Waals surface area contributed by atoms with E-state index < -0.39 is 29.5 Å². The summed E-state index contributed by atoms with van der Waals surface area (Å²) in [5.74, 6) is -1.01. The van der Waals surface area contributed by atoms with E-state index in [1.54, 1.807) is 45.0 Å². The van der Waals surface area contributed by atoms with Crippen molar-refractivity contribution in [2.24, 2.45) is 5.92 Å². The Hall–Kier alpha value is -3.75. The summed E-state index contributed by atoms with van der Waals surface area (Å²) < 4.78 is 24.7. The smallest absolute Gasteiger partial charge is 0.411 e. The van der Waals surface area contributed by atoms with Crippen molar-refractivity contribution in [1.82, 2.24) is 4.90 Å². The number of amidine groups is 1. The second-order valence-electron chi connectivity index (χ2n) is 12.0. The summed E-state index contributed by atoms with van der Waals surface area (Å²) in [4.78, 5) is 40.6. The molecule has 222 valence electrons. The number of rotatable bonds is 11. The van der Waals surface area contributed by atoms with Crippen molar-refractivity contribution in [1.29, 1.82) is 5.41 Å². The third-order valence-corrected chi connectivity index (χ3v) is 6.66. The predicted molar refractivity (Wildman–Crippen MR) is 157 cm³/mol. The molecule has 1 atom stereocenters. The van der Waals surface area contributed by atoms with Crippen LogP contribution in [-0.4, -0.2) is 46.3 Å². The molecule has 0 heterocycles.